The van der Waals surface area contributed by atoms with Crippen LogP contribution in [0.1, 0.15) is 17.3 Å². The zero-order valence-corrected chi connectivity index (χ0v) is 9.99. The van der Waals surface area contributed by atoms with E-state index in [0.717, 1.165) is 16.4 Å². The van der Waals surface area contributed by atoms with E-state index in [-0.39, 0.29) is 5.78 Å². The second-order valence-corrected chi connectivity index (χ2v) is 4.13. The molecule has 0 aliphatic rings. The van der Waals surface area contributed by atoms with Gasteiger partial charge < -0.3 is 0 Å². The molecule has 0 fully saturated rings. The van der Waals surface area contributed by atoms with Crippen LogP contribution in [-0.2, 0) is 0 Å². The first-order chi connectivity index (χ1) is 7.74. The van der Waals surface area contributed by atoms with Crippen LogP contribution in [0.25, 0.3) is 5.69 Å². The van der Waals surface area contributed by atoms with E-state index in [1.807, 2.05) is 41.3 Å². The highest BCUT2D eigenvalue weighted by atomic mass is 32.2. The summed E-state index contributed by atoms with van der Waals surface area (Å²) in [7, 11) is 0. The van der Waals surface area contributed by atoms with E-state index in [9.17, 15) is 4.79 Å². The highest BCUT2D eigenvalue weighted by Crippen LogP contribution is 2.21. The minimum absolute atomic E-state index is 0.0661. The average Bonchev–Trinajstić information content (AvgIpc) is 2.76. The zero-order valence-electron chi connectivity index (χ0n) is 9.18. The van der Waals surface area contributed by atoms with Gasteiger partial charge in [0.25, 0.3) is 0 Å². The molecule has 0 amide bonds. The lowest BCUT2D eigenvalue weighted by molar-refractivity contribution is 0.101. The first-order valence-corrected chi connectivity index (χ1v) is 6.14. The number of nitrogens with zero attached hydrogens (tertiary/aromatic N) is 2. The summed E-state index contributed by atoms with van der Waals surface area (Å²) >= 11 is 1.56. The molecule has 0 N–H and O–H groups in total. The van der Waals surface area contributed by atoms with Gasteiger partial charge in [0.05, 0.1) is 5.69 Å². The summed E-state index contributed by atoms with van der Waals surface area (Å²) in [6.07, 6.45) is 5.57. The number of para-hydroxylation sites is 1. The molecule has 0 radical (unpaired) electrons. The molecule has 0 unspecified atom stereocenters. The van der Waals surface area contributed by atoms with Gasteiger partial charge in [-0.15, -0.1) is 0 Å². The van der Waals surface area contributed by atoms with E-state index in [0.29, 0.717) is 0 Å². The van der Waals surface area contributed by atoms with Crippen LogP contribution in [0.15, 0.2) is 41.8 Å². The predicted molar refractivity (Wildman–Crippen MR) is 65.3 cm³/mol. The fourth-order valence-corrected chi connectivity index (χ4v) is 2.13. The lowest BCUT2D eigenvalue weighted by Crippen LogP contribution is -2.03. The van der Waals surface area contributed by atoms with Crippen molar-refractivity contribution in [3.8, 4) is 5.69 Å². The van der Waals surface area contributed by atoms with Gasteiger partial charge in [0.1, 0.15) is 0 Å². The van der Waals surface area contributed by atoms with E-state index < -0.39 is 0 Å². The molecular weight excluding hydrogens is 220 g/mol. The molecule has 0 bridgehead atoms. The summed E-state index contributed by atoms with van der Waals surface area (Å²) < 4.78 is 1.93. The molecule has 0 aliphatic carbocycles. The van der Waals surface area contributed by atoms with E-state index in [1.165, 1.54) is 0 Å². The molecule has 3 nitrogen and oxygen atoms in total. The lowest BCUT2D eigenvalue weighted by Gasteiger charge is -2.09. The maximum Gasteiger partial charge on any atom is 0.172 e. The third-order valence-corrected chi connectivity index (χ3v) is 3.00. The molecule has 82 valence electrons. The predicted octanol–water partition coefficient (Wildman–Crippen LogP) is 2.80. The molecule has 0 saturated heterocycles. The maximum atomic E-state index is 11.5. The van der Waals surface area contributed by atoms with Crippen molar-refractivity contribution in [1.82, 2.24) is 9.55 Å². The number of imidazole rings is 1. The molecule has 0 aliphatic heterocycles. The Hall–Kier alpha value is -1.55. The SMILES string of the molecule is CSc1nccn1-c1ccccc1C(C)=O. The fourth-order valence-electron chi connectivity index (χ4n) is 1.61. The van der Waals surface area contributed by atoms with Gasteiger partial charge >= 0.3 is 0 Å². The molecule has 1 heterocycles. The summed E-state index contributed by atoms with van der Waals surface area (Å²) in [6.45, 7) is 1.58. The Bertz CT molecular complexity index is 519. The number of rotatable bonds is 3. The maximum absolute atomic E-state index is 11.5. The summed E-state index contributed by atoms with van der Waals surface area (Å²) in [4.78, 5) is 15.7. The number of carbonyl (C=O) groups is 1. The number of hydrogen-bond donors (Lipinski definition) is 0. The van der Waals surface area contributed by atoms with Gasteiger partial charge in [-0.2, -0.15) is 0 Å². The van der Waals surface area contributed by atoms with Gasteiger partial charge in [0.15, 0.2) is 10.9 Å². The summed E-state index contributed by atoms with van der Waals surface area (Å²) in [6, 6.07) is 7.56. The van der Waals surface area contributed by atoms with Crippen LogP contribution < -0.4 is 0 Å². The van der Waals surface area contributed by atoms with E-state index in [1.54, 1.807) is 24.9 Å². The van der Waals surface area contributed by atoms with Crippen LogP contribution in [-0.4, -0.2) is 21.6 Å². The number of Topliss-reactive ketones (excluding diaryl/α,β-unsaturated/α-hetero) is 1. The van der Waals surface area contributed by atoms with Crippen molar-refractivity contribution in [3.05, 3.63) is 42.2 Å². The number of ketones is 1. The smallest absolute Gasteiger partial charge is 0.172 e. The summed E-state index contributed by atoms with van der Waals surface area (Å²) in [5.41, 5.74) is 1.60. The Labute approximate surface area is 98.5 Å². The van der Waals surface area contributed by atoms with Crippen LogP contribution in [0.2, 0.25) is 0 Å². The van der Waals surface area contributed by atoms with Crippen LogP contribution in [0.4, 0.5) is 0 Å². The second kappa shape index (κ2) is 4.53. The number of thioether (sulfide) groups is 1. The Balaban J connectivity index is 2.60. The molecule has 0 spiro atoms. The van der Waals surface area contributed by atoms with Gasteiger partial charge in [-0.25, -0.2) is 4.98 Å². The number of carbonyl (C=O) groups excluding carboxylic acids is 1. The minimum atomic E-state index is 0.0661. The van der Waals surface area contributed by atoms with Crippen LogP contribution in [0.5, 0.6) is 0 Å². The number of hydrogen-bond acceptors (Lipinski definition) is 3. The molecule has 0 atom stereocenters. The van der Waals surface area contributed by atoms with Crippen LogP contribution in [0, 0.1) is 0 Å². The third kappa shape index (κ3) is 1.88. The van der Waals surface area contributed by atoms with E-state index in [2.05, 4.69) is 4.98 Å². The largest absolute Gasteiger partial charge is 0.294 e. The van der Waals surface area contributed by atoms with Crippen molar-refractivity contribution >= 4 is 17.5 Å². The topological polar surface area (TPSA) is 34.9 Å². The summed E-state index contributed by atoms with van der Waals surface area (Å²) in [5.74, 6) is 0.0661. The second-order valence-electron chi connectivity index (χ2n) is 3.36. The molecule has 1 aromatic carbocycles. The Morgan fingerprint density at radius 2 is 2.12 bits per heavy atom. The quantitative estimate of drug-likeness (QED) is 0.603. The average molecular weight is 232 g/mol. The number of benzene rings is 1. The molecule has 4 heteroatoms. The van der Waals surface area contributed by atoms with Crippen molar-refractivity contribution < 1.29 is 4.79 Å². The van der Waals surface area contributed by atoms with Gasteiger partial charge in [-0.3, -0.25) is 9.36 Å². The monoisotopic (exact) mass is 232 g/mol. The fraction of sp³-hybridized carbons (Fsp3) is 0.167. The van der Waals surface area contributed by atoms with E-state index >= 15 is 0 Å². The highest BCUT2D eigenvalue weighted by molar-refractivity contribution is 7.98. The van der Waals surface area contributed by atoms with Gasteiger partial charge in [-0.05, 0) is 25.3 Å². The zero-order chi connectivity index (χ0) is 11.5. The van der Waals surface area contributed by atoms with Crippen molar-refractivity contribution in [3.63, 3.8) is 0 Å². The molecule has 2 rings (SSSR count). The van der Waals surface area contributed by atoms with Crippen molar-refractivity contribution in [2.24, 2.45) is 0 Å². The van der Waals surface area contributed by atoms with Crippen molar-refractivity contribution in [1.29, 1.82) is 0 Å². The molecule has 0 saturated carbocycles. The van der Waals surface area contributed by atoms with Crippen molar-refractivity contribution in [2.75, 3.05) is 6.26 Å². The van der Waals surface area contributed by atoms with Crippen molar-refractivity contribution in [2.45, 2.75) is 12.1 Å². The molecule has 16 heavy (non-hydrogen) atoms. The highest BCUT2D eigenvalue weighted by Gasteiger charge is 2.10. The Morgan fingerprint density at radius 3 is 2.81 bits per heavy atom. The molecule has 2 aromatic rings. The van der Waals surface area contributed by atoms with Gasteiger partial charge in [-0.1, -0.05) is 23.9 Å². The third-order valence-electron chi connectivity index (χ3n) is 2.33. The number of aromatic nitrogens is 2. The molecule has 1 aromatic heterocycles. The summed E-state index contributed by atoms with van der Waals surface area (Å²) in [5, 5.41) is 0.883. The normalized spacial score (nSPS) is 10.4. The minimum Gasteiger partial charge on any atom is -0.294 e. The standard InChI is InChI=1S/C12H12N2OS/c1-9(15)10-5-3-4-6-11(10)14-8-7-13-12(14)16-2/h3-8H,1-2H3. The molecular formula is C12H12N2OS. The first-order valence-electron chi connectivity index (χ1n) is 4.91. The van der Waals surface area contributed by atoms with Crippen LogP contribution in [0.3, 0.4) is 0 Å². The van der Waals surface area contributed by atoms with E-state index in [4.69, 9.17) is 0 Å². The van der Waals surface area contributed by atoms with Crippen LogP contribution >= 0.6 is 11.8 Å². The van der Waals surface area contributed by atoms with Gasteiger partial charge in [0.2, 0.25) is 0 Å². The lowest BCUT2D eigenvalue weighted by atomic mass is 10.1. The first kappa shape index (κ1) is 11.0. The van der Waals surface area contributed by atoms with Gasteiger partial charge in [0, 0.05) is 18.0 Å². The Morgan fingerprint density at radius 1 is 1.38 bits per heavy atom. The Kier molecular flexibility index (Phi) is 3.10.